The molecule has 1 aromatic heterocycles. The smallest absolute Gasteiger partial charge is 0.0934 e. The lowest BCUT2D eigenvalue weighted by molar-refractivity contribution is -0.128. The van der Waals surface area contributed by atoms with Crippen LogP contribution in [0.25, 0.3) is 0 Å². The first-order valence-corrected chi connectivity index (χ1v) is 9.26. The van der Waals surface area contributed by atoms with E-state index in [1.165, 1.54) is 18.4 Å². The van der Waals surface area contributed by atoms with Gasteiger partial charge >= 0.3 is 0 Å². The third-order valence-corrected chi connectivity index (χ3v) is 7.26. The first-order valence-electron chi connectivity index (χ1n) is 9.26. The molecule has 0 amide bonds. The van der Waals surface area contributed by atoms with Crippen LogP contribution in [0.2, 0.25) is 0 Å². The summed E-state index contributed by atoms with van der Waals surface area (Å²) >= 11 is 0. The van der Waals surface area contributed by atoms with Gasteiger partial charge in [0, 0.05) is 13.2 Å². The summed E-state index contributed by atoms with van der Waals surface area (Å²) in [6.07, 6.45) is 11.5. The Labute approximate surface area is 140 Å². The van der Waals surface area contributed by atoms with Crippen molar-refractivity contribution in [1.29, 1.82) is 0 Å². The number of aliphatic hydroxyl groups is 2. The van der Waals surface area contributed by atoms with Gasteiger partial charge in [0.1, 0.15) is 0 Å². The average Bonchev–Trinajstić information content (AvgIpc) is 3.06. The maximum Gasteiger partial charge on any atom is 0.0934 e. The predicted molar refractivity (Wildman–Crippen MR) is 91.0 cm³/mol. The topological polar surface area (TPSA) is 53.6 Å². The minimum absolute atomic E-state index is 0.0569. The Morgan fingerprint density at radius 2 is 2.04 bits per heavy atom. The summed E-state index contributed by atoms with van der Waals surface area (Å²) in [5.74, 6) is 1.52. The number of rotatable bonds is 5. The van der Waals surface area contributed by atoms with E-state index in [-0.39, 0.29) is 10.8 Å². The van der Waals surface area contributed by atoms with Crippen LogP contribution < -0.4 is 0 Å². The van der Waals surface area contributed by atoms with E-state index in [1.807, 2.05) is 6.26 Å². The van der Waals surface area contributed by atoms with Gasteiger partial charge in [-0.2, -0.15) is 0 Å². The van der Waals surface area contributed by atoms with Crippen LogP contribution >= 0.6 is 0 Å². The van der Waals surface area contributed by atoms with Gasteiger partial charge in [-0.25, -0.2) is 0 Å². The number of aliphatic hydroxyl groups excluding tert-OH is 2. The molecule has 0 radical (unpaired) electrons. The molecule has 2 aliphatic rings. The van der Waals surface area contributed by atoms with Crippen molar-refractivity contribution in [3.05, 3.63) is 24.2 Å². The van der Waals surface area contributed by atoms with E-state index in [4.69, 9.17) is 4.42 Å². The minimum Gasteiger partial charge on any atom is -0.472 e. The van der Waals surface area contributed by atoms with Crippen molar-refractivity contribution in [2.24, 2.45) is 28.6 Å². The van der Waals surface area contributed by atoms with E-state index in [2.05, 4.69) is 19.9 Å². The molecule has 3 heteroatoms. The molecule has 0 spiro atoms. The molecule has 2 saturated carbocycles. The van der Waals surface area contributed by atoms with E-state index in [0.717, 1.165) is 32.1 Å². The summed E-state index contributed by atoms with van der Waals surface area (Å²) in [7, 11) is 0. The second-order valence-corrected chi connectivity index (χ2v) is 8.52. The van der Waals surface area contributed by atoms with Crippen molar-refractivity contribution in [3.8, 4) is 0 Å². The van der Waals surface area contributed by atoms with Crippen LogP contribution in [-0.4, -0.2) is 23.4 Å². The molecule has 3 rings (SSSR count). The summed E-state index contributed by atoms with van der Waals surface area (Å²) in [6, 6.07) is 2.05. The summed E-state index contributed by atoms with van der Waals surface area (Å²) in [4.78, 5) is 0. The molecule has 1 heterocycles. The third kappa shape index (κ3) is 2.98. The largest absolute Gasteiger partial charge is 0.472 e. The van der Waals surface area contributed by atoms with Gasteiger partial charge in [-0.05, 0) is 78.7 Å². The SMILES string of the molecule is C[C@]1(CO)CCC[C@]2(C)[C@H](CCc3ccoc3)[C@@H](CO)CC[C@@H]12. The normalized spacial score (nSPS) is 40.8. The fourth-order valence-corrected chi connectivity index (χ4v) is 5.99. The number of hydrogen-bond acceptors (Lipinski definition) is 3. The fraction of sp³-hybridized carbons (Fsp3) is 0.800. The molecule has 0 aliphatic heterocycles. The Morgan fingerprint density at radius 1 is 1.22 bits per heavy atom. The van der Waals surface area contributed by atoms with Crippen LogP contribution in [0.3, 0.4) is 0 Å². The second-order valence-electron chi connectivity index (χ2n) is 8.52. The van der Waals surface area contributed by atoms with Gasteiger partial charge in [-0.1, -0.05) is 20.3 Å². The van der Waals surface area contributed by atoms with Gasteiger partial charge in [0.05, 0.1) is 12.5 Å². The minimum atomic E-state index is 0.0569. The highest BCUT2D eigenvalue weighted by atomic mass is 16.3. The summed E-state index contributed by atoms with van der Waals surface area (Å²) in [5, 5.41) is 20.0. The van der Waals surface area contributed by atoms with Crippen molar-refractivity contribution in [1.82, 2.24) is 0 Å². The average molecular weight is 320 g/mol. The molecule has 0 saturated heterocycles. The Morgan fingerprint density at radius 3 is 2.70 bits per heavy atom. The van der Waals surface area contributed by atoms with Crippen LogP contribution in [-0.2, 0) is 6.42 Å². The summed E-state index contributed by atoms with van der Waals surface area (Å²) in [6.45, 7) is 5.31. The lowest BCUT2D eigenvalue weighted by Crippen LogP contribution is -2.54. The fourth-order valence-electron chi connectivity index (χ4n) is 5.99. The van der Waals surface area contributed by atoms with Crippen LogP contribution in [0.5, 0.6) is 0 Å². The lowest BCUT2D eigenvalue weighted by atomic mass is 9.45. The maximum absolute atomic E-state index is 10.0. The van der Waals surface area contributed by atoms with Crippen molar-refractivity contribution < 1.29 is 14.6 Å². The highest BCUT2D eigenvalue weighted by Crippen LogP contribution is 2.61. The molecule has 2 fully saturated rings. The van der Waals surface area contributed by atoms with Crippen molar-refractivity contribution in [2.45, 2.75) is 58.8 Å². The molecule has 2 aliphatic carbocycles. The van der Waals surface area contributed by atoms with Gasteiger partial charge < -0.3 is 14.6 Å². The Balaban J connectivity index is 1.83. The maximum atomic E-state index is 10.0. The van der Waals surface area contributed by atoms with Gasteiger partial charge in [-0.3, -0.25) is 0 Å². The molecule has 0 unspecified atom stereocenters. The highest BCUT2D eigenvalue weighted by Gasteiger charge is 2.55. The number of aryl methyl sites for hydroxylation is 1. The predicted octanol–water partition coefficient (Wildman–Crippen LogP) is 4.04. The van der Waals surface area contributed by atoms with Gasteiger partial charge in [-0.15, -0.1) is 0 Å². The molecule has 130 valence electrons. The standard InChI is InChI=1S/C20H32O3/c1-19(14-22)9-3-10-20(2)17(6-4-15-8-11-23-13-15)16(12-21)5-7-18(19)20/h8,11,13,16-18,21-22H,3-7,9-10,12,14H2,1-2H3/t16-,17-,18+,19-,20-/m1/s1. The summed E-state index contributed by atoms with van der Waals surface area (Å²) < 4.78 is 5.21. The monoisotopic (exact) mass is 320 g/mol. The van der Waals surface area contributed by atoms with Crippen LogP contribution in [0.15, 0.2) is 23.0 Å². The molecule has 0 aromatic carbocycles. The quantitative estimate of drug-likeness (QED) is 0.861. The molecular formula is C20H32O3. The number of hydrogen-bond donors (Lipinski definition) is 2. The van der Waals surface area contributed by atoms with Gasteiger partial charge in [0.2, 0.25) is 0 Å². The number of furan rings is 1. The molecule has 3 nitrogen and oxygen atoms in total. The Kier molecular flexibility index (Phi) is 4.89. The van der Waals surface area contributed by atoms with Crippen molar-refractivity contribution >= 4 is 0 Å². The van der Waals surface area contributed by atoms with E-state index in [0.29, 0.717) is 31.0 Å². The van der Waals surface area contributed by atoms with E-state index < -0.39 is 0 Å². The van der Waals surface area contributed by atoms with Crippen molar-refractivity contribution in [2.75, 3.05) is 13.2 Å². The van der Waals surface area contributed by atoms with E-state index in [9.17, 15) is 10.2 Å². The molecule has 0 bridgehead atoms. The summed E-state index contributed by atoms with van der Waals surface area (Å²) in [5.41, 5.74) is 1.56. The molecule has 5 atom stereocenters. The number of fused-ring (bicyclic) bond motifs is 1. The first-order chi connectivity index (χ1) is 11.0. The molecule has 2 N–H and O–H groups in total. The highest BCUT2D eigenvalue weighted by molar-refractivity contribution is 5.08. The van der Waals surface area contributed by atoms with E-state index >= 15 is 0 Å². The molecule has 23 heavy (non-hydrogen) atoms. The van der Waals surface area contributed by atoms with Crippen LogP contribution in [0.1, 0.15) is 57.9 Å². The first kappa shape index (κ1) is 17.0. The third-order valence-electron chi connectivity index (χ3n) is 7.26. The second kappa shape index (κ2) is 6.60. The van der Waals surface area contributed by atoms with Crippen molar-refractivity contribution in [3.63, 3.8) is 0 Å². The molecular weight excluding hydrogens is 288 g/mol. The van der Waals surface area contributed by atoms with Crippen LogP contribution in [0.4, 0.5) is 0 Å². The zero-order valence-electron chi connectivity index (χ0n) is 14.6. The van der Waals surface area contributed by atoms with Crippen LogP contribution in [0, 0.1) is 28.6 Å². The zero-order valence-corrected chi connectivity index (χ0v) is 14.6. The Hall–Kier alpha value is -0.800. The van der Waals surface area contributed by atoms with Gasteiger partial charge in [0.25, 0.3) is 0 Å². The lowest BCUT2D eigenvalue weighted by Gasteiger charge is -2.60. The van der Waals surface area contributed by atoms with E-state index in [1.54, 1.807) is 6.26 Å². The molecule has 1 aromatic rings. The van der Waals surface area contributed by atoms with Gasteiger partial charge in [0.15, 0.2) is 0 Å². The zero-order chi connectivity index (χ0) is 16.5. The Bertz CT molecular complexity index is 497.